The average Bonchev–Trinajstić information content (AvgIpc) is 3.16. The molecular formula is C22H20N4O. The number of imidazole rings is 1. The molecule has 2 heterocycles. The summed E-state index contributed by atoms with van der Waals surface area (Å²) in [5, 5.41) is 4.11. The Hall–Kier alpha value is -3.47. The molecule has 0 fully saturated rings. The molecular weight excluding hydrogens is 336 g/mol. The minimum atomic E-state index is 0.557. The second kappa shape index (κ2) is 7.41. The first-order valence-corrected chi connectivity index (χ1v) is 8.91. The van der Waals surface area contributed by atoms with Gasteiger partial charge in [0.15, 0.2) is 0 Å². The van der Waals surface area contributed by atoms with Crippen LogP contribution in [0.25, 0.3) is 27.8 Å². The lowest BCUT2D eigenvalue weighted by molar-refractivity contribution is 0.159. The Balaban J connectivity index is 1.73. The maximum absolute atomic E-state index is 5.15. The first kappa shape index (κ1) is 17.0. The predicted molar refractivity (Wildman–Crippen MR) is 108 cm³/mol. The molecule has 0 unspecified atom stereocenters. The number of hydrogen-bond donors (Lipinski definition) is 0. The number of benzene rings is 2. The molecule has 4 aromatic rings. The van der Waals surface area contributed by atoms with Crippen molar-refractivity contribution in [3.8, 4) is 16.8 Å². The molecule has 5 nitrogen and oxygen atoms in total. The topological polar surface area (TPSA) is 52.3 Å². The Kier molecular flexibility index (Phi) is 4.66. The second-order valence-corrected chi connectivity index (χ2v) is 6.20. The molecule has 0 aliphatic heterocycles. The Bertz CT molecular complexity index is 1100. The van der Waals surface area contributed by atoms with E-state index < -0.39 is 0 Å². The van der Waals surface area contributed by atoms with Crippen molar-refractivity contribution in [1.29, 1.82) is 0 Å². The van der Waals surface area contributed by atoms with E-state index in [4.69, 9.17) is 4.84 Å². The van der Waals surface area contributed by atoms with Crippen LogP contribution in [0.5, 0.6) is 0 Å². The zero-order chi connectivity index (χ0) is 18.6. The normalized spacial score (nSPS) is 11.7. The summed E-state index contributed by atoms with van der Waals surface area (Å²) in [6.45, 7) is 4.41. The fraction of sp³-hybridized carbons (Fsp3) is 0.136. The lowest BCUT2D eigenvalue weighted by atomic mass is 10.1. The van der Waals surface area contributed by atoms with Gasteiger partial charge in [0.25, 0.3) is 0 Å². The van der Waals surface area contributed by atoms with Crippen LogP contribution in [-0.2, 0) is 4.84 Å². The summed E-state index contributed by atoms with van der Waals surface area (Å²) in [6, 6.07) is 18.5. The maximum atomic E-state index is 5.15. The Morgan fingerprint density at radius 1 is 1.07 bits per heavy atom. The number of oxime groups is 1. The number of fused-ring (bicyclic) bond motifs is 1. The third-order valence-corrected chi connectivity index (χ3v) is 4.41. The summed E-state index contributed by atoms with van der Waals surface area (Å²) in [5.74, 6) is 0. The van der Waals surface area contributed by atoms with Gasteiger partial charge < -0.3 is 4.84 Å². The van der Waals surface area contributed by atoms with Crippen LogP contribution in [0.3, 0.4) is 0 Å². The summed E-state index contributed by atoms with van der Waals surface area (Å²) >= 11 is 0. The quantitative estimate of drug-likeness (QED) is 0.379. The minimum Gasteiger partial charge on any atom is -0.396 e. The molecule has 0 atom stereocenters. The smallest absolute Gasteiger partial charge is 0.114 e. The van der Waals surface area contributed by atoms with Crippen molar-refractivity contribution in [1.82, 2.24) is 14.5 Å². The van der Waals surface area contributed by atoms with Gasteiger partial charge in [0.2, 0.25) is 0 Å². The Morgan fingerprint density at radius 2 is 1.96 bits per heavy atom. The average molecular weight is 356 g/mol. The van der Waals surface area contributed by atoms with Gasteiger partial charge in [0, 0.05) is 29.2 Å². The second-order valence-electron chi connectivity index (χ2n) is 6.20. The highest BCUT2D eigenvalue weighted by Crippen LogP contribution is 2.24. The summed E-state index contributed by atoms with van der Waals surface area (Å²) in [4.78, 5) is 13.9. The van der Waals surface area contributed by atoms with E-state index in [1.54, 1.807) is 6.20 Å². The fourth-order valence-corrected chi connectivity index (χ4v) is 3.03. The SMILES string of the molecule is CCO/N=C(\C)c1ccc2c(c1)ncn2-c1cccc(-c2cccnc2)c1. The standard InChI is InChI=1S/C22H20N4O/c1-3-27-25-16(2)17-9-10-22-21(13-17)24-15-26(22)20-8-4-6-18(12-20)19-7-5-11-23-14-19/h4-15H,3H2,1-2H3/b25-16+. The van der Waals surface area contributed by atoms with E-state index in [9.17, 15) is 0 Å². The van der Waals surface area contributed by atoms with Crippen molar-refractivity contribution in [2.45, 2.75) is 13.8 Å². The number of rotatable bonds is 5. The molecule has 2 aromatic carbocycles. The van der Waals surface area contributed by atoms with Crippen molar-refractivity contribution in [3.05, 3.63) is 78.9 Å². The predicted octanol–water partition coefficient (Wildman–Crippen LogP) is 4.85. The van der Waals surface area contributed by atoms with E-state index in [1.165, 1.54) is 0 Å². The summed E-state index contributed by atoms with van der Waals surface area (Å²) < 4.78 is 2.09. The molecule has 0 saturated heterocycles. The van der Waals surface area contributed by atoms with Gasteiger partial charge in [-0.25, -0.2) is 4.98 Å². The van der Waals surface area contributed by atoms with Crippen LogP contribution < -0.4 is 0 Å². The van der Waals surface area contributed by atoms with Crippen molar-refractivity contribution in [2.75, 3.05) is 6.61 Å². The van der Waals surface area contributed by atoms with Crippen molar-refractivity contribution < 1.29 is 4.84 Å². The molecule has 0 radical (unpaired) electrons. The Labute approximate surface area is 158 Å². The van der Waals surface area contributed by atoms with Crippen LogP contribution in [0.15, 0.2) is 78.5 Å². The third kappa shape index (κ3) is 3.44. The van der Waals surface area contributed by atoms with Crippen LogP contribution >= 0.6 is 0 Å². The van der Waals surface area contributed by atoms with Crippen LogP contribution in [0.2, 0.25) is 0 Å². The van der Waals surface area contributed by atoms with Gasteiger partial charge >= 0.3 is 0 Å². The third-order valence-electron chi connectivity index (χ3n) is 4.41. The van der Waals surface area contributed by atoms with Gasteiger partial charge in [0.1, 0.15) is 12.9 Å². The highest BCUT2D eigenvalue weighted by Gasteiger charge is 2.08. The van der Waals surface area contributed by atoms with Crippen LogP contribution in [-0.4, -0.2) is 26.9 Å². The molecule has 0 amide bonds. The highest BCUT2D eigenvalue weighted by molar-refractivity contribution is 6.01. The fourth-order valence-electron chi connectivity index (χ4n) is 3.03. The summed E-state index contributed by atoms with van der Waals surface area (Å²) in [6.07, 6.45) is 5.51. The van der Waals surface area contributed by atoms with Crippen LogP contribution in [0.1, 0.15) is 19.4 Å². The number of aromatic nitrogens is 3. The lowest BCUT2D eigenvalue weighted by Crippen LogP contribution is -1.97. The van der Waals surface area contributed by atoms with Crippen molar-refractivity contribution >= 4 is 16.7 Å². The molecule has 2 aromatic heterocycles. The van der Waals surface area contributed by atoms with Crippen molar-refractivity contribution in [2.24, 2.45) is 5.16 Å². The van der Waals surface area contributed by atoms with Crippen LogP contribution in [0.4, 0.5) is 0 Å². The van der Waals surface area contributed by atoms with E-state index in [0.717, 1.165) is 39.1 Å². The largest absolute Gasteiger partial charge is 0.396 e. The molecule has 134 valence electrons. The molecule has 0 aliphatic rings. The molecule has 4 rings (SSSR count). The monoisotopic (exact) mass is 356 g/mol. The summed E-state index contributed by atoms with van der Waals surface area (Å²) in [7, 11) is 0. The van der Waals surface area contributed by atoms with Gasteiger partial charge in [-0.1, -0.05) is 29.4 Å². The zero-order valence-electron chi connectivity index (χ0n) is 15.3. The molecule has 5 heteroatoms. The van der Waals surface area contributed by atoms with Gasteiger partial charge in [-0.3, -0.25) is 9.55 Å². The summed E-state index contributed by atoms with van der Waals surface area (Å²) in [5.41, 5.74) is 7.09. The van der Waals surface area contributed by atoms with Gasteiger partial charge in [0.05, 0.1) is 16.7 Å². The van der Waals surface area contributed by atoms with E-state index in [1.807, 2.05) is 44.6 Å². The molecule has 0 aliphatic carbocycles. The van der Waals surface area contributed by atoms with E-state index in [0.29, 0.717) is 6.61 Å². The lowest BCUT2D eigenvalue weighted by Gasteiger charge is -2.08. The molecule has 27 heavy (non-hydrogen) atoms. The maximum Gasteiger partial charge on any atom is 0.114 e. The first-order valence-electron chi connectivity index (χ1n) is 8.91. The molecule has 0 bridgehead atoms. The number of nitrogens with zero attached hydrogens (tertiary/aromatic N) is 4. The molecule has 0 saturated carbocycles. The van der Waals surface area contributed by atoms with Gasteiger partial charge in [-0.2, -0.15) is 0 Å². The molecule has 0 N–H and O–H groups in total. The number of pyridine rings is 1. The zero-order valence-corrected chi connectivity index (χ0v) is 15.3. The van der Waals surface area contributed by atoms with E-state index in [2.05, 4.69) is 56.1 Å². The number of hydrogen-bond acceptors (Lipinski definition) is 4. The minimum absolute atomic E-state index is 0.557. The van der Waals surface area contributed by atoms with Crippen molar-refractivity contribution in [3.63, 3.8) is 0 Å². The Morgan fingerprint density at radius 3 is 2.78 bits per heavy atom. The van der Waals surface area contributed by atoms with Crippen LogP contribution in [0, 0.1) is 0 Å². The van der Waals surface area contributed by atoms with E-state index >= 15 is 0 Å². The van der Waals surface area contributed by atoms with Gasteiger partial charge in [-0.15, -0.1) is 0 Å². The molecule has 0 spiro atoms. The van der Waals surface area contributed by atoms with Gasteiger partial charge in [-0.05, 0) is 49.7 Å². The highest BCUT2D eigenvalue weighted by atomic mass is 16.6. The van der Waals surface area contributed by atoms with E-state index in [-0.39, 0.29) is 0 Å². The first-order chi connectivity index (χ1) is 13.3.